The Balaban J connectivity index is 1.24. The van der Waals surface area contributed by atoms with Gasteiger partial charge in [-0.3, -0.25) is 14.7 Å². The third kappa shape index (κ3) is 13.1. The van der Waals surface area contributed by atoms with Crippen LogP contribution in [0.15, 0.2) is 30.7 Å². The van der Waals surface area contributed by atoms with E-state index in [0.717, 1.165) is 0 Å². The predicted octanol–water partition coefficient (Wildman–Crippen LogP) is 2.53. The molecule has 21 nitrogen and oxygen atoms in total. The molecular formula is C50H83N7O14. The molecule has 0 aromatic carbocycles. The molecule has 4 aliphatic heterocycles. The SMILES string of the molecule is CC[C@H]1OC(=O)[C@H](C)[C@@H](O[C@H]2C[C@@](C)(OC)[C@@H](O)[C@H](C)O2)[C@H](C)[C@@H](O[C@@H]2O[C@H](C)C[C@H](N(C)CCc3cn(C[C@H]4CN(c5cccnc5)C(=O)O4)nn3)[C@H]2O)[C@](C)(O)C[C@@H](C)CN(C)[C@H](C)[C@@H](O)[C@]1(C)O. The minimum atomic E-state index is -1.84. The number of amides is 1. The zero-order valence-corrected chi connectivity index (χ0v) is 44.0. The molecule has 1 amide bonds. The lowest BCUT2D eigenvalue weighted by Crippen LogP contribution is -2.61. The van der Waals surface area contributed by atoms with Crippen molar-refractivity contribution in [2.45, 2.75) is 204 Å². The summed E-state index contributed by atoms with van der Waals surface area (Å²) in [6.45, 7) is 19.0. The minimum absolute atomic E-state index is 0.0927. The Kier molecular flexibility index (Phi) is 18.7. The summed E-state index contributed by atoms with van der Waals surface area (Å²) in [4.78, 5) is 36.7. The zero-order chi connectivity index (χ0) is 52.3. The predicted molar refractivity (Wildman–Crippen MR) is 259 cm³/mol. The number of rotatable bonds is 13. The molecule has 402 valence electrons. The maximum Gasteiger partial charge on any atom is 0.414 e. The van der Waals surface area contributed by atoms with Crippen LogP contribution >= 0.6 is 0 Å². The van der Waals surface area contributed by atoms with E-state index in [4.69, 9.17) is 33.2 Å². The zero-order valence-electron chi connectivity index (χ0n) is 44.0. The summed E-state index contributed by atoms with van der Waals surface area (Å²) in [6, 6.07) is 2.53. The first-order valence-electron chi connectivity index (χ1n) is 25.3. The third-order valence-electron chi connectivity index (χ3n) is 15.6. The summed E-state index contributed by atoms with van der Waals surface area (Å²) in [6.07, 6.45) is -4.56. The monoisotopic (exact) mass is 1010 g/mol. The first-order chi connectivity index (χ1) is 33.3. The van der Waals surface area contributed by atoms with Crippen LogP contribution in [0.3, 0.4) is 0 Å². The summed E-state index contributed by atoms with van der Waals surface area (Å²) in [7, 11) is 5.24. The Morgan fingerprint density at radius 2 is 1.68 bits per heavy atom. The molecule has 0 radical (unpaired) electrons. The Labute approximate surface area is 419 Å². The fraction of sp³-hybridized carbons (Fsp3) is 0.820. The van der Waals surface area contributed by atoms with Gasteiger partial charge in [-0.05, 0) is 99.9 Å². The molecule has 4 fully saturated rings. The number of hydrogen-bond donors (Lipinski definition) is 5. The second kappa shape index (κ2) is 23.4. The molecule has 4 aliphatic rings. The molecule has 4 saturated heterocycles. The number of aromatic nitrogens is 4. The number of aliphatic hydroxyl groups is 5. The highest BCUT2D eigenvalue weighted by molar-refractivity contribution is 5.89. The van der Waals surface area contributed by atoms with Crippen molar-refractivity contribution in [1.82, 2.24) is 29.8 Å². The number of aliphatic hydroxyl groups excluding tert-OH is 3. The van der Waals surface area contributed by atoms with E-state index < -0.39 is 114 Å². The van der Waals surface area contributed by atoms with Crippen molar-refractivity contribution >= 4 is 17.7 Å². The minimum Gasteiger partial charge on any atom is -0.459 e. The second-order valence-corrected chi connectivity index (χ2v) is 21.7. The Morgan fingerprint density at radius 1 is 0.958 bits per heavy atom. The molecule has 0 unspecified atom stereocenters. The highest BCUT2D eigenvalue weighted by atomic mass is 16.7. The molecule has 0 bridgehead atoms. The number of nitrogens with zero attached hydrogens (tertiary/aromatic N) is 7. The van der Waals surface area contributed by atoms with E-state index >= 15 is 0 Å². The van der Waals surface area contributed by atoms with Crippen molar-refractivity contribution in [2.75, 3.05) is 45.7 Å². The lowest BCUT2D eigenvalue weighted by atomic mass is 9.77. The molecule has 2 aromatic rings. The van der Waals surface area contributed by atoms with Gasteiger partial charge < -0.3 is 68.5 Å². The van der Waals surface area contributed by atoms with Crippen LogP contribution in [0.5, 0.6) is 0 Å². The topological polar surface area (TPSA) is 253 Å². The molecule has 0 saturated carbocycles. The number of likely N-dealkylation sites (N-methyl/N-ethyl adjacent to an activating group) is 2. The molecule has 71 heavy (non-hydrogen) atoms. The number of esters is 1. The number of carbonyl (C=O) groups excluding carboxylic acids is 2. The number of ether oxygens (including phenoxy) is 7. The summed E-state index contributed by atoms with van der Waals surface area (Å²) in [5.74, 6) is -2.83. The van der Waals surface area contributed by atoms with Gasteiger partial charge in [0.1, 0.15) is 36.1 Å². The largest absolute Gasteiger partial charge is 0.459 e. The van der Waals surface area contributed by atoms with Gasteiger partial charge in [-0.1, -0.05) is 26.0 Å². The number of carbonyl (C=O) groups is 2. The van der Waals surface area contributed by atoms with Crippen molar-refractivity contribution in [1.29, 1.82) is 0 Å². The number of cyclic esters (lactones) is 2. The van der Waals surface area contributed by atoms with Crippen LogP contribution in [0.4, 0.5) is 10.5 Å². The van der Waals surface area contributed by atoms with E-state index in [1.165, 1.54) is 18.9 Å². The van der Waals surface area contributed by atoms with E-state index in [9.17, 15) is 35.1 Å². The number of hydrogen-bond acceptors (Lipinski definition) is 19. The smallest absolute Gasteiger partial charge is 0.414 e. The van der Waals surface area contributed by atoms with Crippen LogP contribution in [0.2, 0.25) is 0 Å². The van der Waals surface area contributed by atoms with Crippen molar-refractivity contribution in [2.24, 2.45) is 17.8 Å². The number of anilines is 1. The molecule has 0 spiro atoms. The normalized spacial score (nSPS) is 41.6. The second-order valence-electron chi connectivity index (χ2n) is 21.7. The van der Waals surface area contributed by atoms with Gasteiger partial charge in [0, 0.05) is 63.4 Å². The van der Waals surface area contributed by atoms with Crippen molar-refractivity contribution in [3.63, 3.8) is 0 Å². The fourth-order valence-electron chi connectivity index (χ4n) is 11.2. The Morgan fingerprint density at radius 3 is 2.34 bits per heavy atom. The van der Waals surface area contributed by atoms with Gasteiger partial charge in [-0.25, -0.2) is 9.48 Å². The van der Waals surface area contributed by atoms with Gasteiger partial charge in [-0.15, -0.1) is 5.10 Å². The first-order valence-corrected chi connectivity index (χ1v) is 25.3. The molecule has 5 N–H and O–H groups in total. The van der Waals surface area contributed by atoms with Crippen molar-refractivity contribution in [3.8, 4) is 0 Å². The standard InChI is InChI=1S/C50H83N7O14/c1-14-38-50(10,64)42(59)32(6)55(12)24-28(2)21-48(8,63)44(30(4)41(31(5)45(61)69-38)70-39-22-49(9,65-13)43(60)33(7)67-39)71-46-40(58)37(20-29(3)66-46)54(11)19-17-34-25-56(53-52-34)26-36-27-57(47(62)68-36)35-16-15-18-51-23-35/h15-16,18,23,25,28-33,36-44,46,58-60,63-64H,14,17,19-22,24,26-27H2,1-13H3/t28-,29-,30+,31-,32-,33+,36+,37+,38-,39+,40-,41+,42-,43+,44-,46+,48-,49-,50-/m1/s1. The Hall–Kier alpha value is -3.45. The van der Waals surface area contributed by atoms with Gasteiger partial charge in [0.25, 0.3) is 0 Å². The van der Waals surface area contributed by atoms with Crippen LogP contribution in [-0.4, -0.2) is 205 Å². The molecule has 6 rings (SSSR count). The number of pyridine rings is 1. The van der Waals surface area contributed by atoms with Crippen LogP contribution in [0, 0.1) is 17.8 Å². The van der Waals surface area contributed by atoms with Crippen LogP contribution in [0.25, 0.3) is 0 Å². The maximum absolute atomic E-state index is 14.5. The van der Waals surface area contributed by atoms with Gasteiger partial charge in [0.05, 0.1) is 72.2 Å². The van der Waals surface area contributed by atoms with E-state index in [1.807, 2.05) is 43.9 Å². The van der Waals surface area contributed by atoms with Crippen molar-refractivity contribution < 1.29 is 68.3 Å². The lowest BCUT2D eigenvalue weighted by Gasteiger charge is -2.49. The van der Waals surface area contributed by atoms with Crippen LogP contribution in [0.1, 0.15) is 101 Å². The van der Waals surface area contributed by atoms with Crippen molar-refractivity contribution in [3.05, 3.63) is 36.4 Å². The molecule has 0 aliphatic carbocycles. The van der Waals surface area contributed by atoms with Gasteiger partial charge in [-0.2, -0.15) is 0 Å². The molecular weight excluding hydrogens is 923 g/mol. The van der Waals surface area contributed by atoms with E-state index in [1.54, 1.807) is 77.7 Å². The molecule has 21 heteroatoms. The lowest BCUT2D eigenvalue weighted by molar-refractivity contribution is -0.318. The highest BCUT2D eigenvalue weighted by Crippen LogP contribution is 2.40. The molecule has 6 heterocycles. The summed E-state index contributed by atoms with van der Waals surface area (Å²) in [5, 5.41) is 68.3. The summed E-state index contributed by atoms with van der Waals surface area (Å²) >= 11 is 0. The summed E-state index contributed by atoms with van der Waals surface area (Å²) < 4.78 is 45.5. The van der Waals surface area contributed by atoms with Crippen LogP contribution < -0.4 is 4.90 Å². The fourth-order valence-corrected chi connectivity index (χ4v) is 11.2. The van der Waals surface area contributed by atoms with Gasteiger partial charge in [0.15, 0.2) is 12.6 Å². The number of methoxy groups -OCH3 is 1. The van der Waals surface area contributed by atoms with E-state index in [2.05, 4.69) is 15.3 Å². The van der Waals surface area contributed by atoms with Gasteiger partial charge in [0.2, 0.25) is 0 Å². The average Bonchev–Trinajstić information content (AvgIpc) is 3.94. The van der Waals surface area contributed by atoms with Crippen LogP contribution in [-0.2, 0) is 50.9 Å². The molecule has 19 atom stereocenters. The Bertz CT molecular complexity index is 2030. The molecule has 2 aromatic heterocycles. The van der Waals surface area contributed by atoms with E-state index in [0.29, 0.717) is 50.4 Å². The van der Waals surface area contributed by atoms with Gasteiger partial charge >= 0.3 is 12.1 Å². The maximum atomic E-state index is 14.5. The quantitative estimate of drug-likeness (QED) is 0.181. The third-order valence-corrected chi connectivity index (χ3v) is 15.6. The highest BCUT2D eigenvalue weighted by Gasteiger charge is 2.53. The average molecular weight is 1010 g/mol. The first kappa shape index (κ1) is 56.8. The summed E-state index contributed by atoms with van der Waals surface area (Å²) in [5.41, 5.74) is -3.20. The van der Waals surface area contributed by atoms with E-state index in [-0.39, 0.29) is 31.3 Å².